The van der Waals surface area contributed by atoms with Crippen LogP contribution in [-0.2, 0) is 24.3 Å². The third-order valence-corrected chi connectivity index (χ3v) is 6.23. The lowest BCUT2D eigenvalue weighted by molar-refractivity contribution is -0.121. The van der Waals surface area contributed by atoms with Gasteiger partial charge < -0.3 is 14.6 Å². The molecule has 0 fully saturated rings. The minimum Gasteiger partial charge on any atom is -0.497 e. The first-order valence-corrected chi connectivity index (χ1v) is 10.8. The monoisotopic (exact) mass is 436 g/mol. The van der Waals surface area contributed by atoms with Gasteiger partial charge in [-0.05, 0) is 37.1 Å². The second-order valence-corrected chi connectivity index (χ2v) is 8.54. The van der Waals surface area contributed by atoms with E-state index in [-0.39, 0.29) is 18.0 Å². The van der Waals surface area contributed by atoms with Gasteiger partial charge in [-0.2, -0.15) is 5.10 Å². The zero-order valence-corrected chi connectivity index (χ0v) is 18.4. The molecule has 1 aromatic carbocycles. The summed E-state index contributed by atoms with van der Waals surface area (Å²) in [5, 5.41) is 7.94. The van der Waals surface area contributed by atoms with Crippen LogP contribution in [0.4, 0.5) is 0 Å². The molecule has 4 aromatic rings. The largest absolute Gasteiger partial charge is 0.497 e. The first kappa shape index (κ1) is 20.9. The van der Waals surface area contributed by atoms with E-state index in [0.29, 0.717) is 25.0 Å². The summed E-state index contributed by atoms with van der Waals surface area (Å²) in [7, 11) is 1.63. The number of thiophene rings is 1. The molecule has 3 aromatic heterocycles. The number of amides is 1. The summed E-state index contributed by atoms with van der Waals surface area (Å²) in [6.45, 7) is 6.73. The highest BCUT2D eigenvalue weighted by molar-refractivity contribution is 7.20. The van der Waals surface area contributed by atoms with Crippen LogP contribution in [0.1, 0.15) is 10.4 Å². The maximum absolute atomic E-state index is 13.1. The van der Waals surface area contributed by atoms with Crippen LogP contribution in [0.15, 0.2) is 54.0 Å². The van der Waals surface area contributed by atoms with Crippen molar-refractivity contribution < 1.29 is 9.53 Å². The number of carbonyl (C=O) groups is 1. The standard InChI is InChI=1S/C23H24N4O3S/c1-4-11-26-19-12-15(2)31-22(19)18-13-25-27(23(29)21(18)26)14-20(28)24-10-9-16-5-7-17(30-3)8-6-16/h4-8,12-13H,1,9-11,14H2,2-3H3,(H,24,28). The summed E-state index contributed by atoms with van der Waals surface area (Å²) in [6.07, 6.45) is 4.14. The van der Waals surface area contributed by atoms with Crippen LogP contribution in [0, 0.1) is 6.92 Å². The number of nitrogens with zero attached hydrogens (tertiary/aromatic N) is 3. The normalized spacial score (nSPS) is 11.2. The van der Waals surface area contributed by atoms with E-state index in [1.54, 1.807) is 30.7 Å². The quantitative estimate of drug-likeness (QED) is 0.430. The molecule has 1 amide bonds. The predicted octanol–water partition coefficient (Wildman–Crippen LogP) is 3.27. The molecule has 7 nitrogen and oxygen atoms in total. The Morgan fingerprint density at radius 1 is 1.32 bits per heavy atom. The molecular formula is C23H24N4O3S. The number of hydrogen-bond donors (Lipinski definition) is 1. The van der Waals surface area contributed by atoms with Crippen molar-refractivity contribution in [1.82, 2.24) is 19.7 Å². The number of methoxy groups -OCH3 is 1. The van der Waals surface area contributed by atoms with Crippen molar-refractivity contribution in [3.63, 3.8) is 0 Å². The third-order valence-electron chi connectivity index (χ3n) is 5.16. The highest BCUT2D eigenvalue weighted by Gasteiger charge is 2.18. The zero-order chi connectivity index (χ0) is 22.0. The molecule has 160 valence electrons. The molecule has 0 atom stereocenters. The van der Waals surface area contributed by atoms with Gasteiger partial charge in [0.05, 0.1) is 23.5 Å². The maximum atomic E-state index is 13.1. The Balaban J connectivity index is 1.50. The lowest BCUT2D eigenvalue weighted by Crippen LogP contribution is -2.35. The molecule has 0 bridgehead atoms. The van der Waals surface area contributed by atoms with E-state index in [9.17, 15) is 9.59 Å². The van der Waals surface area contributed by atoms with E-state index < -0.39 is 0 Å². The highest BCUT2D eigenvalue weighted by Crippen LogP contribution is 2.33. The number of rotatable bonds is 8. The molecule has 0 unspecified atom stereocenters. The van der Waals surface area contributed by atoms with E-state index in [2.05, 4.69) is 23.1 Å². The topological polar surface area (TPSA) is 78.2 Å². The Morgan fingerprint density at radius 2 is 2.10 bits per heavy atom. The first-order chi connectivity index (χ1) is 15.0. The van der Waals surface area contributed by atoms with Gasteiger partial charge >= 0.3 is 0 Å². The molecular weight excluding hydrogens is 412 g/mol. The van der Waals surface area contributed by atoms with Gasteiger partial charge in [-0.15, -0.1) is 17.9 Å². The molecule has 3 heterocycles. The van der Waals surface area contributed by atoms with Crippen molar-refractivity contribution in [3.8, 4) is 5.75 Å². The second-order valence-electron chi connectivity index (χ2n) is 7.29. The molecule has 31 heavy (non-hydrogen) atoms. The number of aromatic nitrogens is 3. The average Bonchev–Trinajstić information content (AvgIpc) is 3.27. The molecule has 0 saturated carbocycles. The number of nitrogens with one attached hydrogen (secondary N) is 1. The van der Waals surface area contributed by atoms with Crippen LogP contribution in [-0.4, -0.2) is 33.9 Å². The fourth-order valence-corrected chi connectivity index (χ4v) is 4.71. The van der Waals surface area contributed by atoms with Crippen LogP contribution >= 0.6 is 11.3 Å². The summed E-state index contributed by atoms with van der Waals surface area (Å²) >= 11 is 1.64. The summed E-state index contributed by atoms with van der Waals surface area (Å²) in [5.74, 6) is 0.548. The van der Waals surface area contributed by atoms with Crippen molar-refractivity contribution >= 4 is 38.4 Å². The van der Waals surface area contributed by atoms with E-state index in [4.69, 9.17) is 4.74 Å². The summed E-state index contributed by atoms with van der Waals surface area (Å²) in [6, 6.07) is 9.78. The molecule has 1 N–H and O–H groups in total. The van der Waals surface area contributed by atoms with Crippen LogP contribution < -0.4 is 15.6 Å². The molecule has 0 saturated heterocycles. The zero-order valence-electron chi connectivity index (χ0n) is 17.6. The number of carbonyl (C=O) groups excluding carboxylic acids is 1. The maximum Gasteiger partial charge on any atom is 0.291 e. The SMILES string of the molecule is C=CCn1c2cc(C)sc2c2cnn(CC(=O)NCCc3ccc(OC)cc3)c(=O)c21. The van der Waals surface area contributed by atoms with Crippen molar-refractivity contribution in [2.45, 2.75) is 26.4 Å². The molecule has 0 aliphatic rings. The minimum absolute atomic E-state index is 0.122. The molecule has 8 heteroatoms. The fraction of sp³-hybridized carbons (Fsp3) is 0.261. The second kappa shape index (κ2) is 8.77. The van der Waals surface area contributed by atoms with Gasteiger partial charge in [0, 0.05) is 23.4 Å². The Hall–Kier alpha value is -3.39. The van der Waals surface area contributed by atoms with E-state index >= 15 is 0 Å². The van der Waals surface area contributed by atoms with Gasteiger partial charge in [0.2, 0.25) is 5.91 Å². The van der Waals surface area contributed by atoms with Crippen LogP contribution in [0.2, 0.25) is 0 Å². The predicted molar refractivity (Wildman–Crippen MR) is 124 cm³/mol. The fourth-order valence-electron chi connectivity index (χ4n) is 3.68. The Labute approximate surface area is 183 Å². The number of allylic oxidation sites excluding steroid dienone is 1. The Kier molecular flexibility index (Phi) is 5.90. The van der Waals surface area contributed by atoms with Crippen LogP contribution in [0.3, 0.4) is 0 Å². The summed E-state index contributed by atoms with van der Waals surface area (Å²) in [4.78, 5) is 26.7. The number of ether oxygens (including phenoxy) is 1. The van der Waals surface area contributed by atoms with E-state index in [0.717, 1.165) is 26.9 Å². The smallest absolute Gasteiger partial charge is 0.291 e. The third kappa shape index (κ3) is 4.11. The molecule has 0 aliphatic heterocycles. The summed E-state index contributed by atoms with van der Waals surface area (Å²) in [5.41, 5.74) is 2.38. The Bertz CT molecular complexity index is 1310. The van der Waals surface area contributed by atoms with Gasteiger partial charge in [-0.3, -0.25) is 9.59 Å². The number of hydrogen-bond acceptors (Lipinski definition) is 5. The van der Waals surface area contributed by atoms with E-state index in [1.807, 2.05) is 35.8 Å². The molecule has 0 spiro atoms. The molecule has 0 aliphatic carbocycles. The number of benzene rings is 1. The number of fused-ring (bicyclic) bond motifs is 3. The van der Waals surface area contributed by atoms with Gasteiger partial charge in [0.1, 0.15) is 17.8 Å². The van der Waals surface area contributed by atoms with Gasteiger partial charge in [-0.25, -0.2) is 4.68 Å². The minimum atomic E-state index is -0.272. The number of aryl methyl sites for hydroxylation is 1. The van der Waals surface area contributed by atoms with Crippen molar-refractivity contribution in [2.75, 3.05) is 13.7 Å². The van der Waals surface area contributed by atoms with Crippen LogP contribution in [0.5, 0.6) is 5.75 Å². The highest BCUT2D eigenvalue weighted by atomic mass is 32.1. The van der Waals surface area contributed by atoms with Crippen molar-refractivity contribution in [2.24, 2.45) is 0 Å². The first-order valence-electron chi connectivity index (χ1n) is 10.0. The lowest BCUT2D eigenvalue weighted by Gasteiger charge is -2.08. The van der Waals surface area contributed by atoms with Crippen LogP contribution in [0.25, 0.3) is 21.1 Å². The Morgan fingerprint density at radius 3 is 2.81 bits per heavy atom. The van der Waals surface area contributed by atoms with Gasteiger partial charge in [0.25, 0.3) is 5.56 Å². The van der Waals surface area contributed by atoms with E-state index in [1.165, 1.54) is 9.56 Å². The average molecular weight is 437 g/mol. The molecule has 4 rings (SSSR count). The van der Waals surface area contributed by atoms with Crippen molar-refractivity contribution in [1.29, 1.82) is 0 Å². The summed E-state index contributed by atoms with van der Waals surface area (Å²) < 4.78 is 9.36. The lowest BCUT2D eigenvalue weighted by atomic mass is 10.1. The van der Waals surface area contributed by atoms with Gasteiger partial charge in [0.15, 0.2) is 0 Å². The van der Waals surface area contributed by atoms with Gasteiger partial charge in [-0.1, -0.05) is 18.2 Å². The molecule has 0 radical (unpaired) electrons. The van der Waals surface area contributed by atoms with Crippen molar-refractivity contribution in [3.05, 3.63) is 70.0 Å².